The minimum absolute atomic E-state index is 0.0523. The van der Waals surface area contributed by atoms with Crippen molar-refractivity contribution in [2.45, 2.75) is 19.6 Å². The lowest BCUT2D eigenvalue weighted by Gasteiger charge is -2.32. The quantitative estimate of drug-likeness (QED) is 0.785. The van der Waals surface area contributed by atoms with E-state index in [9.17, 15) is 4.79 Å². The van der Waals surface area contributed by atoms with Crippen LogP contribution in [0, 0.1) is 0 Å². The largest absolute Gasteiger partial charge is 0.487 e. The predicted octanol–water partition coefficient (Wildman–Crippen LogP) is 2.35. The Morgan fingerprint density at radius 2 is 2.23 bits per heavy atom. The highest BCUT2D eigenvalue weighted by atomic mass is 16.5. The number of aromatic nitrogens is 2. The van der Waals surface area contributed by atoms with Gasteiger partial charge in [-0.2, -0.15) is 0 Å². The Morgan fingerprint density at radius 1 is 1.31 bits per heavy atom. The summed E-state index contributed by atoms with van der Waals surface area (Å²) in [6.45, 7) is 4.75. The van der Waals surface area contributed by atoms with Gasteiger partial charge >= 0.3 is 0 Å². The fourth-order valence-electron chi connectivity index (χ4n) is 3.23. The van der Waals surface area contributed by atoms with Gasteiger partial charge in [-0.1, -0.05) is 12.1 Å². The normalized spacial score (nSPS) is 17.4. The van der Waals surface area contributed by atoms with Gasteiger partial charge in [0, 0.05) is 43.6 Å². The molecule has 1 fully saturated rings. The number of pyridine rings is 1. The van der Waals surface area contributed by atoms with Crippen LogP contribution in [0.4, 0.5) is 0 Å². The van der Waals surface area contributed by atoms with Crippen LogP contribution < -0.4 is 10.1 Å². The molecule has 1 aliphatic rings. The van der Waals surface area contributed by atoms with Crippen molar-refractivity contribution in [3.8, 4) is 5.75 Å². The third-order valence-electron chi connectivity index (χ3n) is 4.54. The van der Waals surface area contributed by atoms with Crippen LogP contribution in [0.5, 0.6) is 5.75 Å². The molecule has 0 radical (unpaired) electrons. The smallest absolute Gasteiger partial charge is 0.254 e. The predicted molar refractivity (Wildman–Crippen MR) is 99.3 cm³/mol. The molecule has 6 heteroatoms. The SMILES string of the molecule is C[C@H]1CN(C(=O)c2cccc(OCc3cn4ccccc4n3)c2)CCN1. The van der Waals surface area contributed by atoms with E-state index >= 15 is 0 Å². The van der Waals surface area contributed by atoms with Crippen molar-refractivity contribution in [3.05, 3.63) is 66.1 Å². The molecule has 0 saturated carbocycles. The third kappa shape index (κ3) is 3.55. The monoisotopic (exact) mass is 350 g/mol. The Bertz CT molecular complexity index is 888. The number of amides is 1. The van der Waals surface area contributed by atoms with Crippen molar-refractivity contribution < 1.29 is 9.53 Å². The lowest BCUT2D eigenvalue weighted by Crippen LogP contribution is -2.51. The van der Waals surface area contributed by atoms with Gasteiger partial charge in [0.2, 0.25) is 0 Å². The number of carbonyl (C=O) groups excluding carboxylic acids is 1. The standard InChI is InChI=1S/C20H22N4O2/c1-15-12-24(10-8-21-15)20(25)16-5-4-6-18(11-16)26-14-17-13-23-9-3-2-7-19(23)22-17/h2-7,9,11,13,15,21H,8,10,12,14H2,1H3/t15-/m0/s1. The van der Waals surface area contributed by atoms with Crippen molar-refractivity contribution >= 4 is 11.6 Å². The Hall–Kier alpha value is -2.86. The highest BCUT2D eigenvalue weighted by molar-refractivity contribution is 5.94. The first-order valence-corrected chi connectivity index (χ1v) is 8.87. The third-order valence-corrected chi connectivity index (χ3v) is 4.54. The summed E-state index contributed by atoms with van der Waals surface area (Å²) in [7, 11) is 0. The Kier molecular flexibility index (Phi) is 4.58. The zero-order valence-electron chi connectivity index (χ0n) is 14.8. The van der Waals surface area contributed by atoms with E-state index in [-0.39, 0.29) is 5.91 Å². The van der Waals surface area contributed by atoms with Gasteiger partial charge in [0.05, 0.1) is 5.69 Å². The number of fused-ring (bicyclic) bond motifs is 1. The molecule has 1 saturated heterocycles. The van der Waals surface area contributed by atoms with Crippen LogP contribution in [-0.2, 0) is 6.61 Å². The number of rotatable bonds is 4. The molecule has 1 aliphatic heterocycles. The number of hydrogen-bond acceptors (Lipinski definition) is 4. The molecule has 2 aromatic heterocycles. The summed E-state index contributed by atoms with van der Waals surface area (Å²) in [5.74, 6) is 0.729. The molecular formula is C20H22N4O2. The number of nitrogens with zero attached hydrogens (tertiary/aromatic N) is 3. The van der Waals surface area contributed by atoms with Gasteiger partial charge in [-0.3, -0.25) is 4.79 Å². The van der Waals surface area contributed by atoms with Crippen LogP contribution in [0.3, 0.4) is 0 Å². The van der Waals surface area contributed by atoms with Crippen molar-refractivity contribution in [2.75, 3.05) is 19.6 Å². The molecule has 0 bridgehead atoms. The number of ether oxygens (including phenoxy) is 1. The molecule has 1 atom stereocenters. The second-order valence-electron chi connectivity index (χ2n) is 6.62. The van der Waals surface area contributed by atoms with Gasteiger partial charge in [-0.15, -0.1) is 0 Å². The fraction of sp³-hybridized carbons (Fsp3) is 0.300. The number of benzene rings is 1. The van der Waals surface area contributed by atoms with Gasteiger partial charge in [0.1, 0.15) is 18.0 Å². The average molecular weight is 350 g/mol. The zero-order valence-corrected chi connectivity index (χ0v) is 14.8. The minimum Gasteiger partial charge on any atom is -0.487 e. The molecule has 3 aromatic rings. The molecule has 1 aromatic carbocycles. The summed E-state index contributed by atoms with van der Waals surface area (Å²) in [6.07, 6.45) is 3.91. The van der Waals surface area contributed by atoms with E-state index in [4.69, 9.17) is 4.74 Å². The molecule has 134 valence electrons. The molecule has 26 heavy (non-hydrogen) atoms. The molecular weight excluding hydrogens is 328 g/mol. The molecule has 1 N–H and O–H groups in total. The Morgan fingerprint density at radius 3 is 3.08 bits per heavy atom. The number of carbonyl (C=O) groups is 1. The fourth-order valence-corrected chi connectivity index (χ4v) is 3.23. The minimum atomic E-state index is 0.0523. The molecule has 6 nitrogen and oxygen atoms in total. The van der Waals surface area contributed by atoms with Crippen LogP contribution in [0.2, 0.25) is 0 Å². The summed E-state index contributed by atoms with van der Waals surface area (Å²) in [5.41, 5.74) is 2.40. The second-order valence-corrected chi connectivity index (χ2v) is 6.62. The van der Waals surface area contributed by atoms with E-state index < -0.39 is 0 Å². The van der Waals surface area contributed by atoms with E-state index in [1.54, 1.807) is 0 Å². The summed E-state index contributed by atoms with van der Waals surface area (Å²) in [4.78, 5) is 19.1. The molecule has 0 spiro atoms. The van der Waals surface area contributed by atoms with Crippen LogP contribution in [0.25, 0.3) is 5.65 Å². The number of piperazine rings is 1. The first-order chi connectivity index (χ1) is 12.7. The summed E-state index contributed by atoms with van der Waals surface area (Å²) in [6, 6.07) is 13.6. The summed E-state index contributed by atoms with van der Waals surface area (Å²) >= 11 is 0. The van der Waals surface area contributed by atoms with Gasteiger partial charge in [-0.05, 0) is 37.3 Å². The van der Waals surface area contributed by atoms with Gasteiger partial charge in [0.25, 0.3) is 5.91 Å². The molecule has 1 amide bonds. The Balaban J connectivity index is 1.44. The Labute approximate surface area is 152 Å². The van der Waals surface area contributed by atoms with E-state index in [2.05, 4.69) is 17.2 Å². The van der Waals surface area contributed by atoms with E-state index in [0.717, 1.165) is 31.0 Å². The van der Waals surface area contributed by atoms with Crippen molar-refractivity contribution in [1.29, 1.82) is 0 Å². The topological polar surface area (TPSA) is 58.9 Å². The van der Waals surface area contributed by atoms with Crippen molar-refractivity contribution in [2.24, 2.45) is 0 Å². The maximum atomic E-state index is 12.7. The molecule has 3 heterocycles. The molecule has 0 unspecified atom stereocenters. The molecule has 0 aliphatic carbocycles. The van der Waals surface area contributed by atoms with Gasteiger partial charge in [0.15, 0.2) is 0 Å². The maximum Gasteiger partial charge on any atom is 0.254 e. The average Bonchev–Trinajstić information content (AvgIpc) is 3.09. The van der Waals surface area contributed by atoms with E-state index in [0.29, 0.717) is 24.0 Å². The second kappa shape index (κ2) is 7.17. The van der Waals surface area contributed by atoms with Crippen LogP contribution in [0.15, 0.2) is 54.9 Å². The lowest BCUT2D eigenvalue weighted by molar-refractivity contribution is 0.0708. The highest BCUT2D eigenvalue weighted by Crippen LogP contribution is 2.17. The number of hydrogen-bond donors (Lipinski definition) is 1. The van der Waals surface area contributed by atoms with Crippen LogP contribution in [0.1, 0.15) is 23.0 Å². The van der Waals surface area contributed by atoms with E-state index in [1.807, 2.05) is 64.2 Å². The van der Waals surface area contributed by atoms with Crippen LogP contribution >= 0.6 is 0 Å². The number of imidazole rings is 1. The zero-order chi connectivity index (χ0) is 17.9. The first kappa shape index (κ1) is 16.6. The van der Waals surface area contributed by atoms with Gasteiger partial charge in [-0.25, -0.2) is 4.98 Å². The van der Waals surface area contributed by atoms with Gasteiger partial charge < -0.3 is 19.4 Å². The first-order valence-electron chi connectivity index (χ1n) is 8.87. The van der Waals surface area contributed by atoms with Crippen molar-refractivity contribution in [3.63, 3.8) is 0 Å². The summed E-state index contributed by atoms with van der Waals surface area (Å²) < 4.78 is 7.82. The molecule has 4 rings (SSSR count). The summed E-state index contributed by atoms with van der Waals surface area (Å²) in [5, 5.41) is 3.35. The lowest BCUT2D eigenvalue weighted by atomic mass is 10.1. The van der Waals surface area contributed by atoms with E-state index in [1.165, 1.54) is 0 Å². The highest BCUT2D eigenvalue weighted by Gasteiger charge is 2.21. The van der Waals surface area contributed by atoms with Crippen molar-refractivity contribution in [1.82, 2.24) is 19.6 Å². The van der Waals surface area contributed by atoms with Crippen LogP contribution in [-0.4, -0.2) is 45.9 Å². The number of nitrogens with one attached hydrogen (secondary N) is 1. The maximum absolute atomic E-state index is 12.7.